The molecule has 1 aromatic rings. The third-order valence-electron chi connectivity index (χ3n) is 5.69. The summed E-state index contributed by atoms with van der Waals surface area (Å²) in [6, 6.07) is 8.41. The molecule has 1 aliphatic carbocycles. The van der Waals surface area contributed by atoms with Crippen molar-refractivity contribution in [3.8, 4) is 0 Å². The van der Waals surface area contributed by atoms with Gasteiger partial charge in [0.15, 0.2) is 0 Å². The summed E-state index contributed by atoms with van der Waals surface area (Å²) in [4.78, 5) is 15.0. The van der Waals surface area contributed by atoms with Gasteiger partial charge in [-0.3, -0.25) is 4.79 Å². The van der Waals surface area contributed by atoms with Gasteiger partial charge in [-0.1, -0.05) is 24.3 Å². The zero-order valence-electron chi connectivity index (χ0n) is 12.6. The standard InChI is InChI=1S/C18H24N2O/c21-17(16-11-14-5-1-2-6-15(14)16)20-10-4-8-18(13-20)7-3-9-19-12-18/h1-2,5-6,16,19H,3-4,7-13H2. The van der Waals surface area contributed by atoms with Crippen LogP contribution < -0.4 is 5.32 Å². The Hall–Kier alpha value is -1.35. The summed E-state index contributed by atoms with van der Waals surface area (Å²) in [6.07, 6.45) is 5.93. The van der Waals surface area contributed by atoms with Crippen molar-refractivity contribution in [3.63, 3.8) is 0 Å². The molecule has 2 unspecified atom stereocenters. The largest absolute Gasteiger partial charge is 0.342 e. The summed E-state index contributed by atoms with van der Waals surface area (Å²) in [7, 11) is 0. The maximum atomic E-state index is 12.9. The SMILES string of the molecule is O=C(C1Cc2ccccc21)N1CCCC2(CCCNC2)C1. The monoisotopic (exact) mass is 284 g/mol. The Bertz CT molecular complexity index is 542. The number of nitrogens with zero attached hydrogens (tertiary/aromatic N) is 1. The Balaban J connectivity index is 1.48. The molecule has 0 saturated carbocycles. The molecule has 21 heavy (non-hydrogen) atoms. The second-order valence-corrected chi connectivity index (χ2v) is 7.10. The lowest BCUT2D eigenvalue weighted by Crippen LogP contribution is -2.54. The first kappa shape index (κ1) is 13.3. The molecule has 112 valence electrons. The molecular formula is C18H24N2O. The van der Waals surface area contributed by atoms with Gasteiger partial charge in [-0.25, -0.2) is 0 Å². The molecule has 0 aromatic heterocycles. The Kier molecular flexibility index (Phi) is 3.26. The number of piperidine rings is 2. The van der Waals surface area contributed by atoms with Crippen molar-refractivity contribution in [3.05, 3.63) is 35.4 Å². The van der Waals surface area contributed by atoms with E-state index in [2.05, 4.69) is 34.5 Å². The second kappa shape index (κ2) is 5.13. The van der Waals surface area contributed by atoms with Crippen LogP contribution in [0, 0.1) is 5.41 Å². The van der Waals surface area contributed by atoms with Crippen molar-refractivity contribution in [1.82, 2.24) is 10.2 Å². The first-order valence-corrected chi connectivity index (χ1v) is 8.35. The predicted molar refractivity (Wildman–Crippen MR) is 83.2 cm³/mol. The Morgan fingerprint density at radius 2 is 2.10 bits per heavy atom. The van der Waals surface area contributed by atoms with Gasteiger partial charge in [0.05, 0.1) is 5.92 Å². The Morgan fingerprint density at radius 3 is 2.90 bits per heavy atom. The quantitative estimate of drug-likeness (QED) is 0.858. The van der Waals surface area contributed by atoms with Gasteiger partial charge in [0.2, 0.25) is 5.91 Å². The fraction of sp³-hybridized carbons (Fsp3) is 0.611. The number of hydrogen-bond donors (Lipinski definition) is 1. The zero-order valence-corrected chi connectivity index (χ0v) is 12.6. The van der Waals surface area contributed by atoms with Crippen LogP contribution in [0.1, 0.15) is 42.7 Å². The smallest absolute Gasteiger partial charge is 0.230 e. The molecule has 1 spiro atoms. The average Bonchev–Trinajstić information content (AvgIpc) is 2.49. The van der Waals surface area contributed by atoms with Crippen LogP contribution in [0.4, 0.5) is 0 Å². The minimum atomic E-state index is 0.132. The number of carbonyl (C=O) groups excluding carboxylic acids is 1. The normalized spacial score (nSPS) is 31.6. The second-order valence-electron chi connectivity index (χ2n) is 7.10. The number of likely N-dealkylation sites (tertiary alicyclic amines) is 1. The summed E-state index contributed by atoms with van der Waals surface area (Å²) in [5.74, 6) is 0.506. The molecule has 2 fully saturated rings. The molecular weight excluding hydrogens is 260 g/mol. The highest BCUT2D eigenvalue weighted by molar-refractivity contribution is 5.87. The first-order chi connectivity index (χ1) is 10.3. The van der Waals surface area contributed by atoms with E-state index in [1.54, 1.807) is 0 Å². The molecule has 2 atom stereocenters. The van der Waals surface area contributed by atoms with Gasteiger partial charge in [0.1, 0.15) is 0 Å². The van der Waals surface area contributed by atoms with Crippen molar-refractivity contribution >= 4 is 5.91 Å². The number of benzene rings is 1. The van der Waals surface area contributed by atoms with Gasteiger partial charge in [0.25, 0.3) is 0 Å². The lowest BCUT2D eigenvalue weighted by Gasteiger charge is -2.47. The van der Waals surface area contributed by atoms with Crippen LogP contribution in [0.25, 0.3) is 0 Å². The highest BCUT2D eigenvalue weighted by Gasteiger charge is 2.41. The fourth-order valence-electron chi connectivity index (χ4n) is 4.47. The van der Waals surface area contributed by atoms with Crippen LogP contribution >= 0.6 is 0 Å². The summed E-state index contributed by atoms with van der Waals surface area (Å²) < 4.78 is 0. The molecule has 2 aliphatic heterocycles. The summed E-state index contributed by atoms with van der Waals surface area (Å²) in [6.45, 7) is 4.17. The van der Waals surface area contributed by atoms with E-state index < -0.39 is 0 Å². The minimum absolute atomic E-state index is 0.132. The predicted octanol–water partition coefficient (Wildman–Crippen LogP) is 2.32. The van der Waals surface area contributed by atoms with E-state index in [4.69, 9.17) is 0 Å². The summed E-state index contributed by atoms with van der Waals surface area (Å²) >= 11 is 0. The highest BCUT2D eigenvalue weighted by Crippen LogP contribution is 2.40. The number of nitrogens with one attached hydrogen (secondary N) is 1. The summed E-state index contributed by atoms with van der Waals surface area (Å²) in [5.41, 5.74) is 2.99. The number of hydrogen-bond acceptors (Lipinski definition) is 2. The number of fused-ring (bicyclic) bond motifs is 1. The van der Waals surface area contributed by atoms with Crippen molar-refractivity contribution in [2.75, 3.05) is 26.2 Å². The van der Waals surface area contributed by atoms with Crippen LogP contribution in [0.15, 0.2) is 24.3 Å². The van der Waals surface area contributed by atoms with Crippen molar-refractivity contribution < 1.29 is 4.79 Å². The lowest BCUT2D eigenvalue weighted by molar-refractivity contribution is -0.137. The van der Waals surface area contributed by atoms with E-state index in [1.165, 1.54) is 36.8 Å². The molecule has 4 rings (SSSR count). The Labute approximate surface area is 126 Å². The third kappa shape index (κ3) is 2.28. The van der Waals surface area contributed by atoms with Crippen LogP contribution in [-0.4, -0.2) is 37.0 Å². The third-order valence-corrected chi connectivity index (χ3v) is 5.69. The van der Waals surface area contributed by atoms with Gasteiger partial charge in [-0.05, 0) is 49.8 Å². The van der Waals surface area contributed by atoms with Crippen LogP contribution in [0.5, 0.6) is 0 Å². The average molecular weight is 284 g/mol. The van der Waals surface area contributed by atoms with E-state index in [0.29, 0.717) is 11.3 Å². The number of rotatable bonds is 1. The molecule has 3 nitrogen and oxygen atoms in total. The molecule has 3 aliphatic rings. The van der Waals surface area contributed by atoms with Gasteiger partial charge < -0.3 is 10.2 Å². The molecule has 2 saturated heterocycles. The van der Waals surface area contributed by atoms with Crippen LogP contribution in [0.3, 0.4) is 0 Å². The zero-order chi connectivity index (χ0) is 14.3. The topological polar surface area (TPSA) is 32.3 Å². The van der Waals surface area contributed by atoms with Crippen LogP contribution in [0.2, 0.25) is 0 Å². The van der Waals surface area contributed by atoms with Crippen molar-refractivity contribution in [2.45, 2.75) is 38.0 Å². The minimum Gasteiger partial charge on any atom is -0.342 e. The van der Waals surface area contributed by atoms with E-state index in [1.807, 2.05) is 0 Å². The molecule has 0 bridgehead atoms. The Morgan fingerprint density at radius 1 is 1.24 bits per heavy atom. The number of amides is 1. The molecule has 2 heterocycles. The van der Waals surface area contributed by atoms with Crippen molar-refractivity contribution in [2.24, 2.45) is 5.41 Å². The molecule has 3 heteroatoms. The van der Waals surface area contributed by atoms with E-state index in [0.717, 1.165) is 32.6 Å². The van der Waals surface area contributed by atoms with Crippen LogP contribution in [-0.2, 0) is 11.2 Å². The molecule has 1 N–H and O–H groups in total. The first-order valence-electron chi connectivity index (χ1n) is 8.35. The molecule has 0 radical (unpaired) electrons. The van der Waals surface area contributed by atoms with E-state index >= 15 is 0 Å². The molecule has 1 amide bonds. The van der Waals surface area contributed by atoms with Gasteiger partial charge >= 0.3 is 0 Å². The summed E-state index contributed by atoms with van der Waals surface area (Å²) in [5, 5.41) is 3.54. The maximum absolute atomic E-state index is 12.9. The van der Waals surface area contributed by atoms with Crippen molar-refractivity contribution in [1.29, 1.82) is 0 Å². The van der Waals surface area contributed by atoms with Gasteiger partial charge in [0, 0.05) is 25.0 Å². The maximum Gasteiger partial charge on any atom is 0.230 e. The van der Waals surface area contributed by atoms with Gasteiger partial charge in [-0.15, -0.1) is 0 Å². The van der Waals surface area contributed by atoms with E-state index in [9.17, 15) is 4.79 Å². The fourth-order valence-corrected chi connectivity index (χ4v) is 4.47. The molecule has 1 aromatic carbocycles. The highest BCUT2D eigenvalue weighted by atomic mass is 16.2. The van der Waals surface area contributed by atoms with Gasteiger partial charge in [-0.2, -0.15) is 0 Å². The number of carbonyl (C=O) groups is 1. The van der Waals surface area contributed by atoms with E-state index in [-0.39, 0.29) is 5.92 Å². The lowest BCUT2D eigenvalue weighted by atomic mass is 9.72.